The highest BCUT2D eigenvalue weighted by Gasteiger charge is 2.46. The van der Waals surface area contributed by atoms with E-state index in [-0.39, 0.29) is 11.3 Å². The van der Waals surface area contributed by atoms with Crippen LogP contribution in [-0.2, 0) is 11.2 Å². The molecule has 0 atom stereocenters. The van der Waals surface area contributed by atoms with Gasteiger partial charge in [0.1, 0.15) is 40.4 Å². The van der Waals surface area contributed by atoms with Crippen molar-refractivity contribution in [3.8, 4) is 50.6 Å². The Morgan fingerprint density at radius 1 is 0.714 bits per heavy atom. The molecule has 2 aliphatic heterocycles. The number of benzene rings is 1. The van der Waals surface area contributed by atoms with Gasteiger partial charge >= 0.3 is 0 Å². The zero-order chi connectivity index (χ0) is 28.9. The second kappa shape index (κ2) is 10.2. The molecule has 4 aliphatic rings. The molecule has 0 saturated heterocycles. The first kappa shape index (κ1) is 26.6. The van der Waals surface area contributed by atoms with Crippen molar-refractivity contribution >= 4 is 34.8 Å². The van der Waals surface area contributed by atoms with Crippen molar-refractivity contribution in [1.29, 1.82) is 15.8 Å². The van der Waals surface area contributed by atoms with Crippen LogP contribution in [0.3, 0.4) is 0 Å². The van der Waals surface area contributed by atoms with Gasteiger partial charge in [-0.15, -0.1) is 22.7 Å². The maximum atomic E-state index is 9.40. The minimum atomic E-state index is -0.430. The van der Waals surface area contributed by atoms with E-state index in [1.54, 1.807) is 34.8 Å². The van der Waals surface area contributed by atoms with Gasteiger partial charge in [0.05, 0.1) is 12.6 Å². The standard InChI is InChI=1S/C34H26N4O2S2/c1-38-22(20-37)13-24-15-28-32(42-24)26-17-29-25(16-30(26)40-34(28)10-6-3-7-11-34)31-27(33(39-29)8-4-2-5-9-33)14-23(41-31)12-21(18-35)19-36/h12-17H,2-11H2/b22-13-. The van der Waals surface area contributed by atoms with E-state index in [0.717, 1.165) is 105 Å². The van der Waals surface area contributed by atoms with Crippen LogP contribution in [0.25, 0.3) is 37.9 Å². The molecule has 2 saturated carbocycles. The quantitative estimate of drug-likeness (QED) is 0.220. The third-order valence-electron chi connectivity index (χ3n) is 9.03. The number of nitriles is 3. The minimum Gasteiger partial charge on any atom is -0.482 e. The van der Waals surface area contributed by atoms with Crippen LogP contribution in [0.2, 0.25) is 0 Å². The Hall–Kier alpha value is -4.34. The number of ether oxygens (including phenoxy) is 2. The summed E-state index contributed by atoms with van der Waals surface area (Å²) in [6, 6.07) is 14.5. The maximum Gasteiger partial charge on any atom is 0.263 e. The molecule has 0 amide bonds. The van der Waals surface area contributed by atoms with Gasteiger partial charge in [-0.2, -0.15) is 10.5 Å². The second-order valence-electron chi connectivity index (χ2n) is 11.5. The fourth-order valence-electron chi connectivity index (χ4n) is 7.10. The van der Waals surface area contributed by atoms with Crippen molar-refractivity contribution < 1.29 is 9.47 Å². The van der Waals surface area contributed by atoms with E-state index in [4.69, 9.17) is 16.0 Å². The molecule has 2 fully saturated rings. The van der Waals surface area contributed by atoms with Crippen LogP contribution < -0.4 is 9.47 Å². The summed E-state index contributed by atoms with van der Waals surface area (Å²) in [7, 11) is 0. The largest absolute Gasteiger partial charge is 0.482 e. The lowest BCUT2D eigenvalue weighted by Gasteiger charge is -2.44. The molecule has 8 heteroatoms. The van der Waals surface area contributed by atoms with Gasteiger partial charge in [0, 0.05) is 41.8 Å². The summed E-state index contributed by atoms with van der Waals surface area (Å²) in [4.78, 5) is 7.40. The summed E-state index contributed by atoms with van der Waals surface area (Å²) in [5.41, 5.74) is 3.60. The Bertz CT molecular complexity index is 1680. The Labute approximate surface area is 253 Å². The van der Waals surface area contributed by atoms with Gasteiger partial charge in [0.15, 0.2) is 0 Å². The van der Waals surface area contributed by atoms with E-state index < -0.39 is 11.2 Å². The zero-order valence-corrected chi connectivity index (χ0v) is 24.6. The van der Waals surface area contributed by atoms with E-state index in [1.807, 2.05) is 18.2 Å². The molecule has 0 N–H and O–H groups in total. The molecule has 0 radical (unpaired) electrons. The van der Waals surface area contributed by atoms with Gasteiger partial charge < -0.3 is 9.47 Å². The SMILES string of the molecule is [C-]#[N+]/C(C#N)=C\c1cc2c(s1)-c1cc3c(cc1OC21CCCCC1)-c1sc(C=C(C#N)C#N)cc1C1(CCCCC1)O3. The highest BCUT2D eigenvalue weighted by molar-refractivity contribution is 7.17. The number of thiophene rings is 2. The molecular formula is C34H26N4O2S2. The van der Waals surface area contributed by atoms with Gasteiger partial charge in [-0.25, -0.2) is 10.1 Å². The lowest BCUT2D eigenvalue weighted by molar-refractivity contribution is 0.0203. The van der Waals surface area contributed by atoms with Crippen molar-refractivity contribution in [1.82, 2.24) is 0 Å². The molecule has 1 aromatic carbocycles. The normalized spacial score (nSPS) is 18.8. The molecular weight excluding hydrogens is 561 g/mol. The van der Waals surface area contributed by atoms with Crippen molar-refractivity contribution in [3.05, 3.63) is 67.8 Å². The van der Waals surface area contributed by atoms with Gasteiger partial charge in [0.25, 0.3) is 5.70 Å². The third-order valence-corrected chi connectivity index (χ3v) is 11.3. The van der Waals surface area contributed by atoms with Crippen LogP contribution in [0.15, 0.2) is 35.5 Å². The first-order valence-electron chi connectivity index (χ1n) is 14.4. The Morgan fingerprint density at radius 3 is 1.62 bits per heavy atom. The number of allylic oxidation sites excluding steroid dienone is 2. The maximum absolute atomic E-state index is 9.40. The summed E-state index contributed by atoms with van der Waals surface area (Å²) in [6.07, 6.45) is 13.8. The van der Waals surface area contributed by atoms with E-state index in [9.17, 15) is 15.8 Å². The second-order valence-corrected chi connectivity index (χ2v) is 13.6. The van der Waals surface area contributed by atoms with Gasteiger partial charge in [-0.3, -0.25) is 0 Å². The lowest BCUT2D eigenvalue weighted by atomic mass is 9.76. The molecule has 0 unspecified atom stereocenters. The number of nitrogens with zero attached hydrogens (tertiary/aromatic N) is 4. The predicted octanol–water partition coefficient (Wildman–Crippen LogP) is 9.46. The summed E-state index contributed by atoms with van der Waals surface area (Å²) >= 11 is 3.22. The van der Waals surface area contributed by atoms with Crippen molar-refractivity contribution in [3.63, 3.8) is 0 Å². The molecule has 206 valence electrons. The highest BCUT2D eigenvalue weighted by Crippen LogP contribution is 2.60. The molecule has 6 nitrogen and oxygen atoms in total. The average Bonchev–Trinajstić information content (AvgIpc) is 3.65. The number of hydrogen-bond donors (Lipinski definition) is 0. The zero-order valence-electron chi connectivity index (χ0n) is 23.0. The minimum absolute atomic E-state index is 0.0754. The smallest absolute Gasteiger partial charge is 0.263 e. The predicted molar refractivity (Wildman–Crippen MR) is 163 cm³/mol. The number of rotatable bonds is 2. The molecule has 3 aromatic rings. The molecule has 2 spiro atoms. The van der Waals surface area contributed by atoms with Gasteiger partial charge in [-0.1, -0.05) is 12.8 Å². The summed E-state index contributed by atoms with van der Waals surface area (Å²) in [5.74, 6) is 1.67. The summed E-state index contributed by atoms with van der Waals surface area (Å²) in [6.45, 7) is 7.36. The summed E-state index contributed by atoms with van der Waals surface area (Å²) < 4.78 is 14.0. The molecule has 0 bridgehead atoms. The molecule has 4 heterocycles. The van der Waals surface area contributed by atoms with Crippen molar-refractivity contribution in [2.45, 2.75) is 75.4 Å². The van der Waals surface area contributed by atoms with Crippen molar-refractivity contribution in [2.24, 2.45) is 0 Å². The van der Waals surface area contributed by atoms with E-state index in [2.05, 4.69) is 29.1 Å². The average molecular weight is 587 g/mol. The fraction of sp³-hybridized carbons (Fsp3) is 0.353. The van der Waals surface area contributed by atoms with Crippen LogP contribution in [0.1, 0.15) is 85.1 Å². The molecule has 2 aromatic heterocycles. The van der Waals surface area contributed by atoms with Crippen LogP contribution in [-0.4, -0.2) is 0 Å². The Morgan fingerprint density at radius 2 is 1.19 bits per heavy atom. The first-order valence-corrected chi connectivity index (χ1v) is 16.0. The van der Waals surface area contributed by atoms with Gasteiger partial charge in [0.2, 0.25) is 0 Å². The van der Waals surface area contributed by atoms with Crippen LogP contribution in [0.4, 0.5) is 0 Å². The summed E-state index contributed by atoms with van der Waals surface area (Å²) in [5, 5.41) is 28.2. The highest BCUT2D eigenvalue weighted by atomic mass is 32.1. The Balaban J connectivity index is 1.42. The lowest BCUT2D eigenvalue weighted by Crippen LogP contribution is -2.38. The van der Waals surface area contributed by atoms with Gasteiger partial charge in [-0.05, 0) is 87.8 Å². The van der Waals surface area contributed by atoms with Crippen LogP contribution >= 0.6 is 22.7 Å². The van der Waals surface area contributed by atoms with Crippen LogP contribution in [0.5, 0.6) is 11.5 Å². The third kappa shape index (κ3) is 4.15. The molecule has 42 heavy (non-hydrogen) atoms. The van der Waals surface area contributed by atoms with E-state index in [0.29, 0.717) is 0 Å². The fourth-order valence-corrected chi connectivity index (χ4v) is 9.52. The topological polar surface area (TPSA) is 94.2 Å². The molecule has 2 aliphatic carbocycles. The van der Waals surface area contributed by atoms with E-state index >= 15 is 0 Å². The molecule has 7 rings (SSSR count). The van der Waals surface area contributed by atoms with Crippen molar-refractivity contribution in [2.75, 3.05) is 0 Å². The number of fused-ring (bicyclic) bond motifs is 8. The monoisotopic (exact) mass is 586 g/mol. The number of hydrogen-bond acceptors (Lipinski definition) is 7. The Kier molecular flexibility index (Phi) is 6.44. The van der Waals surface area contributed by atoms with E-state index in [1.165, 1.54) is 12.8 Å². The van der Waals surface area contributed by atoms with Crippen LogP contribution in [0, 0.1) is 40.6 Å². The first-order chi connectivity index (χ1) is 20.5.